The summed E-state index contributed by atoms with van der Waals surface area (Å²) in [4.78, 5) is 16.5. The van der Waals surface area contributed by atoms with Crippen LogP contribution in [0.1, 0.15) is 26.3 Å². The molecule has 0 bridgehead atoms. The van der Waals surface area contributed by atoms with Crippen LogP contribution in [-0.2, 0) is 12.1 Å². The lowest BCUT2D eigenvalue weighted by Crippen LogP contribution is -2.46. The van der Waals surface area contributed by atoms with Crippen molar-refractivity contribution in [2.24, 2.45) is 0 Å². The summed E-state index contributed by atoms with van der Waals surface area (Å²) in [6.45, 7) is 11.4. The Hall–Kier alpha value is -3.07. The summed E-state index contributed by atoms with van der Waals surface area (Å²) in [5.74, 6) is 3.36. The molecule has 4 heterocycles. The molecular formula is C23H31N7O2. The van der Waals surface area contributed by atoms with Gasteiger partial charge in [-0.3, -0.25) is 4.90 Å². The zero-order valence-corrected chi connectivity index (χ0v) is 19.5. The molecule has 9 nitrogen and oxygen atoms in total. The van der Waals surface area contributed by atoms with E-state index in [1.54, 1.807) is 0 Å². The van der Waals surface area contributed by atoms with Crippen LogP contribution in [0.3, 0.4) is 0 Å². The van der Waals surface area contributed by atoms with E-state index in [9.17, 15) is 0 Å². The van der Waals surface area contributed by atoms with Gasteiger partial charge in [-0.25, -0.2) is 4.68 Å². The van der Waals surface area contributed by atoms with Crippen molar-refractivity contribution in [3.05, 3.63) is 30.0 Å². The fourth-order valence-corrected chi connectivity index (χ4v) is 4.23. The van der Waals surface area contributed by atoms with Crippen LogP contribution < -0.4 is 19.3 Å². The monoisotopic (exact) mass is 437 g/mol. The third-order valence-corrected chi connectivity index (χ3v) is 5.95. The van der Waals surface area contributed by atoms with E-state index in [-0.39, 0.29) is 5.54 Å². The Balaban J connectivity index is 1.36. The minimum Gasteiger partial charge on any atom is -0.454 e. The quantitative estimate of drug-likeness (QED) is 0.617. The van der Waals surface area contributed by atoms with Gasteiger partial charge in [-0.05, 0) is 38.5 Å². The Kier molecular flexibility index (Phi) is 5.08. The maximum Gasteiger partial charge on any atom is 0.231 e. The van der Waals surface area contributed by atoms with Gasteiger partial charge in [0.25, 0.3) is 0 Å². The van der Waals surface area contributed by atoms with Crippen LogP contribution in [0, 0.1) is 0 Å². The Bertz CT molecular complexity index is 1130. The van der Waals surface area contributed by atoms with E-state index in [4.69, 9.17) is 19.4 Å². The SMILES string of the molecule is CN(C)c1nc(N2CCN(Cc3ccc4c(c3)OCO4)CC2)c2cnn(C(C)(C)C)c2n1. The largest absolute Gasteiger partial charge is 0.454 e. The highest BCUT2D eigenvalue weighted by molar-refractivity contribution is 5.88. The van der Waals surface area contributed by atoms with E-state index in [1.807, 2.05) is 35.9 Å². The third kappa shape index (κ3) is 3.81. The van der Waals surface area contributed by atoms with Gasteiger partial charge in [0.2, 0.25) is 12.7 Å². The topological polar surface area (TPSA) is 71.8 Å². The average Bonchev–Trinajstić information content (AvgIpc) is 3.40. The normalized spacial score (nSPS) is 16.7. The van der Waals surface area contributed by atoms with Crippen LogP contribution in [0.5, 0.6) is 11.5 Å². The molecule has 2 aliphatic heterocycles. The van der Waals surface area contributed by atoms with Gasteiger partial charge >= 0.3 is 0 Å². The fraction of sp³-hybridized carbons (Fsp3) is 0.522. The molecule has 2 aromatic heterocycles. The number of benzene rings is 1. The predicted octanol–water partition coefficient (Wildman–Crippen LogP) is 2.70. The molecule has 170 valence electrons. The number of ether oxygens (including phenoxy) is 2. The standard InChI is InChI=1S/C23H31N7O2/c1-23(2,3)30-21-17(13-24-30)20(25-22(26-21)27(4)5)29-10-8-28(9-11-29)14-16-6-7-18-19(12-16)32-15-31-18/h6-7,12-13H,8-11,14-15H2,1-5H3. The number of nitrogens with zero attached hydrogens (tertiary/aromatic N) is 7. The highest BCUT2D eigenvalue weighted by atomic mass is 16.7. The van der Waals surface area contributed by atoms with Crippen molar-refractivity contribution in [2.75, 3.05) is 56.9 Å². The maximum atomic E-state index is 5.53. The second-order valence-electron chi connectivity index (χ2n) is 9.66. The third-order valence-electron chi connectivity index (χ3n) is 5.95. The summed E-state index contributed by atoms with van der Waals surface area (Å²) in [5.41, 5.74) is 1.97. The minimum atomic E-state index is -0.153. The van der Waals surface area contributed by atoms with Gasteiger partial charge in [0, 0.05) is 46.8 Å². The van der Waals surface area contributed by atoms with E-state index in [0.29, 0.717) is 12.7 Å². The predicted molar refractivity (Wildman–Crippen MR) is 125 cm³/mol. The first-order valence-corrected chi connectivity index (χ1v) is 11.1. The second-order valence-corrected chi connectivity index (χ2v) is 9.66. The number of piperazine rings is 1. The summed E-state index contributed by atoms with van der Waals surface area (Å²) in [6, 6.07) is 6.21. The second kappa shape index (κ2) is 7.81. The molecular weight excluding hydrogens is 406 g/mol. The lowest BCUT2D eigenvalue weighted by atomic mass is 10.1. The molecule has 0 unspecified atom stereocenters. The first kappa shape index (κ1) is 20.8. The molecule has 2 aliphatic rings. The molecule has 0 saturated carbocycles. The molecule has 1 aromatic carbocycles. The number of fused-ring (bicyclic) bond motifs is 2. The van der Waals surface area contributed by atoms with Crippen LogP contribution in [0.15, 0.2) is 24.4 Å². The molecule has 0 aliphatic carbocycles. The molecule has 9 heteroatoms. The van der Waals surface area contributed by atoms with E-state index in [0.717, 1.165) is 61.1 Å². The van der Waals surface area contributed by atoms with Crippen LogP contribution in [0.25, 0.3) is 11.0 Å². The van der Waals surface area contributed by atoms with Gasteiger partial charge in [0.1, 0.15) is 5.82 Å². The number of aromatic nitrogens is 4. The molecule has 1 fully saturated rings. The van der Waals surface area contributed by atoms with Crippen molar-refractivity contribution >= 4 is 22.8 Å². The lowest BCUT2D eigenvalue weighted by molar-refractivity contribution is 0.174. The Labute approximate surface area is 188 Å². The number of anilines is 2. The fourth-order valence-electron chi connectivity index (χ4n) is 4.23. The van der Waals surface area contributed by atoms with Gasteiger partial charge in [-0.15, -0.1) is 0 Å². The van der Waals surface area contributed by atoms with Gasteiger partial charge in [-0.2, -0.15) is 15.1 Å². The first-order chi connectivity index (χ1) is 15.3. The van der Waals surface area contributed by atoms with Crippen LogP contribution in [0.4, 0.5) is 11.8 Å². The molecule has 32 heavy (non-hydrogen) atoms. The maximum absolute atomic E-state index is 5.53. The zero-order chi connectivity index (χ0) is 22.5. The summed E-state index contributed by atoms with van der Waals surface area (Å²) >= 11 is 0. The molecule has 0 amide bonds. The van der Waals surface area contributed by atoms with Gasteiger partial charge in [0.05, 0.1) is 17.1 Å². The molecule has 0 N–H and O–H groups in total. The molecule has 5 rings (SSSR count). The Morgan fingerprint density at radius 2 is 1.75 bits per heavy atom. The number of hydrogen-bond donors (Lipinski definition) is 0. The molecule has 3 aromatic rings. The van der Waals surface area contributed by atoms with Gasteiger partial charge in [-0.1, -0.05) is 6.07 Å². The summed E-state index contributed by atoms with van der Waals surface area (Å²) in [7, 11) is 3.96. The van der Waals surface area contributed by atoms with E-state index in [2.05, 4.69) is 47.8 Å². The van der Waals surface area contributed by atoms with E-state index < -0.39 is 0 Å². The van der Waals surface area contributed by atoms with Crippen molar-refractivity contribution in [3.8, 4) is 11.5 Å². The van der Waals surface area contributed by atoms with E-state index in [1.165, 1.54) is 5.56 Å². The molecule has 0 atom stereocenters. The van der Waals surface area contributed by atoms with E-state index >= 15 is 0 Å². The lowest BCUT2D eigenvalue weighted by Gasteiger charge is -2.36. The smallest absolute Gasteiger partial charge is 0.231 e. The van der Waals surface area contributed by atoms with Crippen molar-refractivity contribution in [1.29, 1.82) is 0 Å². The Morgan fingerprint density at radius 3 is 2.47 bits per heavy atom. The van der Waals surface area contributed by atoms with Crippen LogP contribution in [0.2, 0.25) is 0 Å². The highest BCUT2D eigenvalue weighted by Crippen LogP contribution is 2.33. The van der Waals surface area contributed by atoms with Crippen molar-refractivity contribution in [3.63, 3.8) is 0 Å². The van der Waals surface area contributed by atoms with Crippen molar-refractivity contribution in [2.45, 2.75) is 32.9 Å². The first-order valence-electron chi connectivity index (χ1n) is 11.1. The average molecular weight is 438 g/mol. The molecule has 1 saturated heterocycles. The van der Waals surface area contributed by atoms with Gasteiger partial charge in [0.15, 0.2) is 17.1 Å². The number of hydrogen-bond acceptors (Lipinski definition) is 8. The van der Waals surface area contributed by atoms with Crippen LogP contribution >= 0.6 is 0 Å². The van der Waals surface area contributed by atoms with Crippen molar-refractivity contribution < 1.29 is 9.47 Å². The summed E-state index contributed by atoms with van der Waals surface area (Å²) in [6.07, 6.45) is 1.91. The molecule has 0 spiro atoms. The highest BCUT2D eigenvalue weighted by Gasteiger charge is 2.26. The number of rotatable bonds is 4. The molecule has 0 radical (unpaired) electrons. The summed E-state index contributed by atoms with van der Waals surface area (Å²) in [5, 5.41) is 5.67. The van der Waals surface area contributed by atoms with Gasteiger partial charge < -0.3 is 19.3 Å². The Morgan fingerprint density at radius 1 is 1.00 bits per heavy atom. The van der Waals surface area contributed by atoms with Crippen LogP contribution in [-0.4, -0.2) is 71.7 Å². The zero-order valence-electron chi connectivity index (χ0n) is 19.5. The van der Waals surface area contributed by atoms with Crippen molar-refractivity contribution in [1.82, 2.24) is 24.6 Å². The summed E-state index contributed by atoms with van der Waals surface area (Å²) < 4.78 is 12.9. The minimum absolute atomic E-state index is 0.153.